The third-order valence-electron chi connectivity index (χ3n) is 1.98. The van der Waals surface area contributed by atoms with E-state index in [2.05, 4.69) is 24.1 Å². The van der Waals surface area contributed by atoms with Crippen LogP contribution in [0, 0.1) is 11.7 Å². The summed E-state index contributed by atoms with van der Waals surface area (Å²) in [5.41, 5.74) is 0.733. The Hall–Kier alpha value is -0.960. The fourth-order valence-electron chi connectivity index (χ4n) is 1.22. The zero-order valence-electron chi connectivity index (χ0n) is 8.76. The number of aromatic nitrogens is 1. The summed E-state index contributed by atoms with van der Waals surface area (Å²) >= 11 is 0. The lowest BCUT2D eigenvalue weighted by Gasteiger charge is -2.07. The third kappa shape index (κ3) is 3.83. The van der Waals surface area contributed by atoms with E-state index in [1.54, 1.807) is 12.3 Å². The molecule has 1 aromatic rings. The van der Waals surface area contributed by atoms with Crippen molar-refractivity contribution in [2.75, 3.05) is 13.1 Å². The van der Waals surface area contributed by atoms with Crippen LogP contribution < -0.4 is 5.32 Å². The van der Waals surface area contributed by atoms with Gasteiger partial charge in [-0.25, -0.2) is 4.39 Å². The minimum Gasteiger partial charge on any atom is -0.316 e. The number of nitrogens with one attached hydrogen (secondary N) is 1. The first-order valence-electron chi connectivity index (χ1n) is 4.99. The van der Waals surface area contributed by atoms with E-state index < -0.39 is 0 Å². The largest absolute Gasteiger partial charge is 0.316 e. The lowest BCUT2D eigenvalue weighted by atomic mass is 10.2. The molecular formula is C11H17FN2. The van der Waals surface area contributed by atoms with Gasteiger partial charge in [0.2, 0.25) is 0 Å². The van der Waals surface area contributed by atoms with Crippen LogP contribution in [-0.4, -0.2) is 18.1 Å². The van der Waals surface area contributed by atoms with E-state index in [1.807, 2.05) is 0 Å². The van der Waals surface area contributed by atoms with Crippen LogP contribution in [0.5, 0.6) is 0 Å². The van der Waals surface area contributed by atoms with Crippen molar-refractivity contribution in [3.8, 4) is 0 Å². The summed E-state index contributed by atoms with van der Waals surface area (Å²) in [7, 11) is 0. The molecule has 0 saturated heterocycles. The molecule has 0 aliphatic rings. The van der Waals surface area contributed by atoms with Crippen molar-refractivity contribution in [2.45, 2.75) is 20.3 Å². The number of rotatable bonds is 5. The zero-order valence-corrected chi connectivity index (χ0v) is 8.76. The van der Waals surface area contributed by atoms with Crippen LogP contribution in [0.3, 0.4) is 0 Å². The molecule has 78 valence electrons. The highest BCUT2D eigenvalue weighted by Crippen LogP contribution is 2.04. The molecule has 1 heterocycles. The Morgan fingerprint density at radius 1 is 1.50 bits per heavy atom. The highest BCUT2D eigenvalue weighted by molar-refractivity contribution is 5.12. The Morgan fingerprint density at radius 2 is 2.29 bits per heavy atom. The van der Waals surface area contributed by atoms with Gasteiger partial charge in [0.05, 0.1) is 6.20 Å². The Morgan fingerprint density at radius 3 is 2.93 bits per heavy atom. The topological polar surface area (TPSA) is 24.9 Å². The molecule has 0 fully saturated rings. The second-order valence-corrected chi connectivity index (χ2v) is 3.82. The Balaban J connectivity index is 2.28. The van der Waals surface area contributed by atoms with E-state index in [1.165, 1.54) is 6.20 Å². The predicted octanol–water partition coefficient (Wildman–Crippen LogP) is 2.01. The summed E-state index contributed by atoms with van der Waals surface area (Å²) in [6, 6.07) is 1.73. The first-order valence-corrected chi connectivity index (χ1v) is 4.99. The van der Waals surface area contributed by atoms with E-state index in [0.29, 0.717) is 5.92 Å². The summed E-state index contributed by atoms with van der Waals surface area (Å²) in [6.07, 6.45) is 3.61. The highest BCUT2D eigenvalue weighted by atomic mass is 19.1. The molecule has 2 nitrogen and oxygen atoms in total. The van der Waals surface area contributed by atoms with Crippen molar-refractivity contribution in [3.63, 3.8) is 0 Å². The van der Waals surface area contributed by atoms with Gasteiger partial charge in [0.15, 0.2) is 0 Å². The highest BCUT2D eigenvalue weighted by Gasteiger charge is 2.00. The molecule has 0 unspecified atom stereocenters. The molecule has 1 aromatic heterocycles. The number of nitrogens with zero attached hydrogens (tertiary/aromatic N) is 1. The average molecular weight is 196 g/mol. The van der Waals surface area contributed by atoms with Gasteiger partial charge in [-0.1, -0.05) is 13.8 Å². The van der Waals surface area contributed by atoms with Gasteiger partial charge in [0.25, 0.3) is 0 Å². The molecule has 0 aromatic carbocycles. The molecule has 0 atom stereocenters. The maximum atomic E-state index is 13.1. The molecule has 1 rings (SSSR count). The summed E-state index contributed by atoms with van der Waals surface area (Å²) < 4.78 is 13.1. The number of hydrogen-bond donors (Lipinski definition) is 1. The summed E-state index contributed by atoms with van der Waals surface area (Å²) in [5, 5.41) is 3.27. The van der Waals surface area contributed by atoms with Crippen molar-refractivity contribution in [1.82, 2.24) is 10.3 Å². The number of halogens is 1. The Kier molecular flexibility index (Phi) is 4.53. The lowest BCUT2D eigenvalue weighted by molar-refractivity contribution is 0.545. The first-order chi connectivity index (χ1) is 6.70. The van der Waals surface area contributed by atoms with Crippen molar-refractivity contribution in [2.24, 2.45) is 5.92 Å². The Bertz CT molecular complexity index is 274. The van der Waals surface area contributed by atoms with Crippen LogP contribution in [-0.2, 0) is 6.42 Å². The van der Waals surface area contributed by atoms with Crippen molar-refractivity contribution in [3.05, 3.63) is 29.8 Å². The SMILES string of the molecule is CC(C)CNCCc1ccncc1F. The van der Waals surface area contributed by atoms with Gasteiger partial charge >= 0.3 is 0 Å². The summed E-state index contributed by atoms with van der Waals surface area (Å²) in [4.78, 5) is 3.71. The van der Waals surface area contributed by atoms with Gasteiger partial charge in [-0.05, 0) is 37.1 Å². The number of hydrogen-bond acceptors (Lipinski definition) is 2. The van der Waals surface area contributed by atoms with Gasteiger partial charge < -0.3 is 5.32 Å². The standard InChI is InChI=1S/C11H17FN2/c1-9(2)7-13-5-3-10-4-6-14-8-11(10)12/h4,6,8-9,13H,3,5,7H2,1-2H3. The van der Waals surface area contributed by atoms with E-state index in [9.17, 15) is 4.39 Å². The first kappa shape index (κ1) is 11.1. The molecule has 0 aliphatic carbocycles. The van der Waals surface area contributed by atoms with Crippen molar-refractivity contribution >= 4 is 0 Å². The van der Waals surface area contributed by atoms with Crippen LogP contribution in [0.25, 0.3) is 0 Å². The molecular weight excluding hydrogens is 179 g/mol. The smallest absolute Gasteiger partial charge is 0.144 e. The quantitative estimate of drug-likeness (QED) is 0.729. The molecule has 14 heavy (non-hydrogen) atoms. The zero-order chi connectivity index (χ0) is 10.4. The summed E-state index contributed by atoms with van der Waals surface area (Å²) in [5.74, 6) is 0.427. The van der Waals surface area contributed by atoms with Gasteiger partial charge in [-0.15, -0.1) is 0 Å². The molecule has 0 amide bonds. The molecule has 3 heteroatoms. The Labute approximate surface area is 84.6 Å². The van der Waals surface area contributed by atoms with Gasteiger partial charge in [-0.3, -0.25) is 4.98 Å². The molecule has 0 saturated carbocycles. The van der Waals surface area contributed by atoms with Crippen LogP contribution in [0.4, 0.5) is 4.39 Å². The maximum Gasteiger partial charge on any atom is 0.144 e. The van der Waals surface area contributed by atoms with E-state index in [4.69, 9.17) is 0 Å². The van der Waals surface area contributed by atoms with Crippen molar-refractivity contribution < 1.29 is 4.39 Å². The molecule has 0 radical (unpaired) electrons. The van der Waals surface area contributed by atoms with Crippen LogP contribution in [0.2, 0.25) is 0 Å². The van der Waals surface area contributed by atoms with Crippen LogP contribution in [0.15, 0.2) is 18.5 Å². The third-order valence-corrected chi connectivity index (χ3v) is 1.98. The lowest BCUT2D eigenvalue weighted by Crippen LogP contribution is -2.22. The second kappa shape index (κ2) is 5.70. The normalized spacial score (nSPS) is 10.9. The number of pyridine rings is 1. The fraction of sp³-hybridized carbons (Fsp3) is 0.545. The van der Waals surface area contributed by atoms with Crippen LogP contribution in [0.1, 0.15) is 19.4 Å². The monoisotopic (exact) mass is 196 g/mol. The molecule has 0 spiro atoms. The van der Waals surface area contributed by atoms with E-state index in [0.717, 1.165) is 25.1 Å². The fourth-order valence-corrected chi connectivity index (χ4v) is 1.22. The average Bonchev–Trinajstić information content (AvgIpc) is 2.15. The maximum absolute atomic E-state index is 13.1. The molecule has 1 N–H and O–H groups in total. The van der Waals surface area contributed by atoms with Crippen molar-refractivity contribution in [1.29, 1.82) is 0 Å². The summed E-state index contributed by atoms with van der Waals surface area (Å²) in [6.45, 7) is 6.10. The predicted molar refractivity (Wildman–Crippen MR) is 55.6 cm³/mol. The minimum absolute atomic E-state index is 0.209. The van der Waals surface area contributed by atoms with Gasteiger partial charge in [-0.2, -0.15) is 0 Å². The second-order valence-electron chi connectivity index (χ2n) is 3.82. The van der Waals surface area contributed by atoms with E-state index in [-0.39, 0.29) is 5.82 Å². The van der Waals surface area contributed by atoms with Crippen LogP contribution >= 0.6 is 0 Å². The van der Waals surface area contributed by atoms with E-state index >= 15 is 0 Å². The molecule has 0 bridgehead atoms. The van der Waals surface area contributed by atoms with Gasteiger partial charge in [0, 0.05) is 6.20 Å². The molecule has 0 aliphatic heterocycles. The van der Waals surface area contributed by atoms with Gasteiger partial charge in [0.1, 0.15) is 5.82 Å². The minimum atomic E-state index is -0.209.